The standard InChI is InChI=1S/C12H8N2.C10H8N2.3C6H7O3P.2Ru/c1-3-9-5-6-11-10(4-2-7-13-11)12(9)14-8-1;1-3-7-11-9(5-1)10-6-2-4-8-12-10;3*7-10(8,9)6-4-2-1-3-5-6;;/h1-8H;1-8H;3*1-5H,(H2,7,8,9);;/q;;;;;2*+3/p-6. The molecule has 0 fully saturated rings. The molecule has 0 spiro atoms. The number of benzene rings is 4. The van der Waals surface area contributed by atoms with E-state index in [9.17, 15) is 43.1 Å². The summed E-state index contributed by atoms with van der Waals surface area (Å²) in [5.74, 6) is 0. The molecule has 0 aliphatic heterocycles. The zero-order valence-electron chi connectivity index (χ0n) is 29.9. The SMILES string of the molecule is O=P([O-])([O-])c1ccccc1.O=P([O-])([O-])c1ccccc1.O=P([O-])([O-])c1ccccc1.[Ru+3].[Ru+3].c1ccc(-c2ccccn2)nc1.c1cnc2c(c1)ccc1ncccc12. The summed E-state index contributed by atoms with van der Waals surface area (Å²) in [7, 11) is -13.6. The Morgan fingerprint density at radius 3 is 1.07 bits per heavy atom. The van der Waals surface area contributed by atoms with Crippen LogP contribution in [0.25, 0.3) is 33.2 Å². The van der Waals surface area contributed by atoms with Crippen LogP contribution in [-0.4, -0.2) is 19.9 Å². The maximum Gasteiger partial charge on any atom is 3.00 e. The summed E-state index contributed by atoms with van der Waals surface area (Å²) in [6.07, 6.45) is 7.15. The summed E-state index contributed by atoms with van der Waals surface area (Å²) in [4.78, 5) is 78.9. The largest absolute Gasteiger partial charge is 3.00 e. The van der Waals surface area contributed by atoms with Crippen LogP contribution in [0, 0.1) is 0 Å². The molecule has 4 aromatic heterocycles. The predicted molar refractivity (Wildman–Crippen MR) is 206 cm³/mol. The summed E-state index contributed by atoms with van der Waals surface area (Å²) in [6.45, 7) is 0. The normalized spacial score (nSPS) is 10.5. The zero-order valence-corrected chi connectivity index (χ0v) is 36.1. The van der Waals surface area contributed by atoms with Gasteiger partial charge in [0.25, 0.3) is 0 Å². The minimum Gasteiger partial charge on any atom is -0.807 e. The molecule has 0 amide bonds. The van der Waals surface area contributed by atoms with Gasteiger partial charge in [0.05, 0.1) is 22.4 Å². The van der Waals surface area contributed by atoms with Gasteiger partial charge in [-0.1, -0.05) is 115 Å². The number of nitrogens with zero attached hydrogens (tertiary/aromatic N) is 4. The van der Waals surface area contributed by atoms with Crippen molar-refractivity contribution in [1.82, 2.24) is 19.9 Å². The smallest absolute Gasteiger partial charge is 0.807 e. The van der Waals surface area contributed by atoms with E-state index in [2.05, 4.69) is 38.1 Å². The first-order chi connectivity index (χ1) is 26.7. The van der Waals surface area contributed by atoms with Crippen molar-refractivity contribution in [2.45, 2.75) is 0 Å². The molecule has 58 heavy (non-hydrogen) atoms. The Hall–Kier alpha value is -4.30. The quantitative estimate of drug-likeness (QED) is 0.140. The summed E-state index contributed by atoms with van der Waals surface area (Å²) in [5, 5.41) is 1.80. The fourth-order valence-electron chi connectivity index (χ4n) is 4.56. The van der Waals surface area contributed by atoms with E-state index in [-0.39, 0.29) is 54.9 Å². The Morgan fingerprint density at radius 1 is 0.345 bits per heavy atom. The molecular formula is C40H31N4O9P3Ru2. The van der Waals surface area contributed by atoms with Gasteiger partial charge in [-0.25, -0.2) is 0 Å². The van der Waals surface area contributed by atoms with Crippen LogP contribution in [-0.2, 0) is 52.7 Å². The van der Waals surface area contributed by atoms with Gasteiger partial charge < -0.3 is 43.1 Å². The third kappa shape index (κ3) is 16.9. The Morgan fingerprint density at radius 2 is 0.707 bits per heavy atom. The molecular weight excluding hydrogens is 976 g/mol. The van der Waals surface area contributed by atoms with Crippen LogP contribution in [0.1, 0.15) is 0 Å². The molecule has 2 radical (unpaired) electrons. The van der Waals surface area contributed by atoms with Gasteiger partial charge in [-0.2, -0.15) is 0 Å². The fraction of sp³-hybridized carbons (Fsp3) is 0. The van der Waals surface area contributed by atoms with Crippen LogP contribution in [0.5, 0.6) is 0 Å². The van der Waals surface area contributed by atoms with E-state index in [1.807, 2.05) is 60.8 Å². The van der Waals surface area contributed by atoms with E-state index in [0.717, 1.165) is 33.2 Å². The maximum absolute atomic E-state index is 10.3. The number of hydrogen-bond donors (Lipinski definition) is 0. The second-order valence-electron chi connectivity index (χ2n) is 11.1. The van der Waals surface area contributed by atoms with Gasteiger partial charge in [0.1, 0.15) is 0 Å². The van der Waals surface area contributed by atoms with Crippen molar-refractivity contribution in [2.24, 2.45) is 0 Å². The second kappa shape index (κ2) is 24.6. The van der Waals surface area contributed by atoms with Crippen LogP contribution in [0.2, 0.25) is 0 Å². The van der Waals surface area contributed by atoms with E-state index >= 15 is 0 Å². The van der Waals surface area contributed by atoms with Crippen molar-refractivity contribution in [3.8, 4) is 11.4 Å². The summed E-state index contributed by atoms with van der Waals surface area (Å²) in [5.41, 5.74) is 3.85. The summed E-state index contributed by atoms with van der Waals surface area (Å²) in [6, 6.07) is 45.4. The molecule has 296 valence electrons. The average molecular weight is 1010 g/mol. The molecule has 0 unspecified atom stereocenters. The van der Waals surface area contributed by atoms with Crippen molar-refractivity contribution in [1.29, 1.82) is 0 Å². The Kier molecular flexibility index (Phi) is 21.1. The molecule has 0 aliphatic rings. The minimum atomic E-state index is -4.52. The second-order valence-corrected chi connectivity index (χ2v) is 15.7. The third-order valence-electron chi connectivity index (χ3n) is 7.16. The molecule has 4 aromatic carbocycles. The molecule has 0 aliphatic carbocycles. The monoisotopic (exact) mass is 1010 g/mol. The van der Waals surface area contributed by atoms with Gasteiger partial charge in [0, 0.05) is 35.6 Å². The zero-order chi connectivity index (χ0) is 40.4. The topological polar surface area (TPSA) is 241 Å². The molecule has 18 heteroatoms. The van der Waals surface area contributed by atoms with Crippen molar-refractivity contribution < 1.29 is 82.0 Å². The number of aromatic nitrogens is 4. The molecule has 0 N–H and O–H groups in total. The van der Waals surface area contributed by atoms with Crippen LogP contribution in [0.3, 0.4) is 0 Å². The first-order valence-electron chi connectivity index (χ1n) is 16.4. The van der Waals surface area contributed by atoms with E-state index in [0.29, 0.717) is 0 Å². The predicted octanol–water partition coefficient (Wildman–Crippen LogP) is 2.60. The first kappa shape index (κ1) is 49.8. The summed E-state index contributed by atoms with van der Waals surface area (Å²) < 4.78 is 30.9. The van der Waals surface area contributed by atoms with E-state index < -0.39 is 22.8 Å². The Bertz CT molecular complexity index is 2310. The van der Waals surface area contributed by atoms with E-state index in [1.54, 1.807) is 36.8 Å². The van der Waals surface area contributed by atoms with Crippen LogP contribution in [0.4, 0.5) is 0 Å². The van der Waals surface area contributed by atoms with Gasteiger partial charge >= 0.3 is 39.0 Å². The van der Waals surface area contributed by atoms with Crippen molar-refractivity contribution in [3.63, 3.8) is 0 Å². The number of pyridine rings is 4. The Balaban J connectivity index is 0.000000250. The molecule has 13 nitrogen and oxygen atoms in total. The average Bonchev–Trinajstić information content (AvgIpc) is 3.22. The van der Waals surface area contributed by atoms with E-state index in [4.69, 9.17) is 0 Å². The van der Waals surface area contributed by atoms with Gasteiger partial charge in [-0.3, -0.25) is 19.9 Å². The van der Waals surface area contributed by atoms with Crippen molar-refractivity contribution >= 4 is 60.5 Å². The van der Waals surface area contributed by atoms with Gasteiger partial charge in [-0.05, 0) is 87.2 Å². The van der Waals surface area contributed by atoms with Crippen molar-refractivity contribution in [3.05, 3.63) is 189 Å². The van der Waals surface area contributed by atoms with Gasteiger partial charge in [-0.15, -0.1) is 0 Å². The van der Waals surface area contributed by atoms with Crippen molar-refractivity contribution in [2.75, 3.05) is 0 Å². The Labute approximate surface area is 360 Å². The molecule has 0 saturated heterocycles. The first-order valence-corrected chi connectivity index (χ1v) is 21.0. The summed E-state index contributed by atoms with van der Waals surface area (Å²) >= 11 is 0. The molecule has 8 rings (SSSR count). The maximum atomic E-state index is 10.3. The van der Waals surface area contributed by atoms with E-state index in [1.165, 1.54) is 72.8 Å². The van der Waals surface area contributed by atoms with Gasteiger partial charge in [0.2, 0.25) is 0 Å². The number of rotatable bonds is 4. The van der Waals surface area contributed by atoms with Crippen LogP contribution < -0.4 is 45.3 Å². The molecule has 8 aromatic rings. The van der Waals surface area contributed by atoms with Gasteiger partial charge in [0.15, 0.2) is 0 Å². The van der Waals surface area contributed by atoms with Crippen LogP contribution >= 0.6 is 22.8 Å². The third-order valence-corrected chi connectivity index (χ3v) is 9.95. The van der Waals surface area contributed by atoms with Crippen LogP contribution in [0.15, 0.2) is 189 Å². The number of hydrogen-bond acceptors (Lipinski definition) is 13. The molecule has 4 heterocycles. The number of fused-ring (bicyclic) bond motifs is 3. The fourth-order valence-corrected chi connectivity index (χ4v) is 6.17. The molecule has 0 bridgehead atoms. The molecule has 0 atom stereocenters. The molecule has 0 saturated carbocycles. The minimum absolute atomic E-state index is 0.